The van der Waals surface area contributed by atoms with Gasteiger partial charge in [0.15, 0.2) is 0 Å². The molecule has 3 nitrogen and oxygen atoms in total. The molecule has 0 fully saturated rings. The minimum atomic E-state index is -1.15. The second-order valence-electron chi connectivity index (χ2n) is 2.89. The maximum Gasteiger partial charge on any atom is 0.310 e. The molecule has 0 heterocycles. The van der Waals surface area contributed by atoms with Crippen molar-refractivity contribution in [1.29, 1.82) is 0 Å². The van der Waals surface area contributed by atoms with E-state index in [1.54, 1.807) is 0 Å². The Morgan fingerprint density at radius 2 is 2.14 bits per heavy atom. The molecule has 0 bridgehead atoms. The van der Waals surface area contributed by atoms with Gasteiger partial charge < -0.3 is 10.2 Å². The Balaban J connectivity index is 3.22. The lowest BCUT2D eigenvalue weighted by Gasteiger charge is -2.09. The van der Waals surface area contributed by atoms with Crippen molar-refractivity contribution in [2.24, 2.45) is 0 Å². The first kappa shape index (κ1) is 10.8. The highest BCUT2D eigenvalue weighted by atomic mass is 35.5. The number of benzene rings is 1. The van der Waals surface area contributed by atoms with E-state index in [1.165, 1.54) is 6.92 Å². The SMILES string of the molecule is CC(C(=O)O)c1cc(Cl)c(O)cc1F. The molecule has 14 heavy (non-hydrogen) atoms. The average molecular weight is 219 g/mol. The molecule has 0 aliphatic heterocycles. The summed E-state index contributed by atoms with van der Waals surface area (Å²) < 4.78 is 13.2. The minimum Gasteiger partial charge on any atom is -0.506 e. The monoisotopic (exact) mass is 218 g/mol. The molecule has 1 rings (SSSR count). The third-order valence-electron chi connectivity index (χ3n) is 1.90. The summed E-state index contributed by atoms with van der Waals surface area (Å²) in [4.78, 5) is 10.6. The smallest absolute Gasteiger partial charge is 0.310 e. The summed E-state index contributed by atoms with van der Waals surface area (Å²) in [6.45, 7) is 1.34. The quantitative estimate of drug-likeness (QED) is 0.801. The van der Waals surface area contributed by atoms with E-state index in [9.17, 15) is 9.18 Å². The largest absolute Gasteiger partial charge is 0.506 e. The molecular weight excluding hydrogens is 211 g/mol. The van der Waals surface area contributed by atoms with Gasteiger partial charge in [0.25, 0.3) is 0 Å². The van der Waals surface area contributed by atoms with Crippen LogP contribution in [-0.2, 0) is 4.79 Å². The van der Waals surface area contributed by atoms with E-state index in [1.807, 2.05) is 0 Å². The molecular formula is C9H8ClFO3. The Hall–Kier alpha value is -1.29. The van der Waals surface area contributed by atoms with Gasteiger partial charge in [0.1, 0.15) is 11.6 Å². The molecule has 1 unspecified atom stereocenters. The summed E-state index contributed by atoms with van der Waals surface area (Å²) in [6.07, 6.45) is 0. The van der Waals surface area contributed by atoms with Crippen molar-refractivity contribution in [3.05, 3.63) is 28.5 Å². The average Bonchev–Trinajstić information content (AvgIpc) is 2.10. The Labute approximate surface area is 84.7 Å². The van der Waals surface area contributed by atoms with Crippen molar-refractivity contribution in [3.8, 4) is 5.75 Å². The van der Waals surface area contributed by atoms with Crippen LogP contribution in [0.15, 0.2) is 12.1 Å². The number of halogens is 2. The van der Waals surface area contributed by atoms with E-state index in [4.69, 9.17) is 21.8 Å². The van der Waals surface area contributed by atoms with Gasteiger partial charge in [-0.2, -0.15) is 0 Å². The lowest BCUT2D eigenvalue weighted by Crippen LogP contribution is -2.09. The highest BCUT2D eigenvalue weighted by Gasteiger charge is 2.19. The summed E-state index contributed by atoms with van der Waals surface area (Å²) in [6, 6.07) is 1.92. The van der Waals surface area contributed by atoms with E-state index in [0.717, 1.165) is 12.1 Å². The molecule has 0 aromatic heterocycles. The molecule has 0 saturated heterocycles. The molecule has 0 radical (unpaired) electrons. The Bertz CT molecular complexity index is 379. The van der Waals surface area contributed by atoms with Gasteiger partial charge in [-0.1, -0.05) is 11.6 Å². The summed E-state index contributed by atoms with van der Waals surface area (Å²) in [7, 11) is 0. The van der Waals surface area contributed by atoms with Crippen molar-refractivity contribution >= 4 is 17.6 Å². The van der Waals surface area contributed by atoms with Gasteiger partial charge in [0, 0.05) is 11.6 Å². The molecule has 5 heteroatoms. The summed E-state index contributed by atoms with van der Waals surface area (Å²) in [5.41, 5.74) is -0.0414. The zero-order valence-corrected chi connectivity index (χ0v) is 8.05. The highest BCUT2D eigenvalue weighted by Crippen LogP contribution is 2.30. The normalized spacial score (nSPS) is 12.5. The summed E-state index contributed by atoms with van der Waals surface area (Å²) in [5, 5.41) is 17.6. The zero-order chi connectivity index (χ0) is 10.9. The minimum absolute atomic E-state index is 0.0414. The van der Waals surface area contributed by atoms with Gasteiger partial charge in [-0.25, -0.2) is 4.39 Å². The first-order valence-electron chi connectivity index (χ1n) is 3.84. The molecule has 1 aromatic rings. The van der Waals surface area contributed by atoms with Crippen molar-refractivity contribution in [1.82, 2.24) is 0 Å². The third kappa shape index (κ3) is 1.96. The number of carbonyl (C=O) groups is 1. The molecule has 0 amide bonds. The van der Waals surface area contributed by atoms with Crippen LogP contribution in [0.4, 0.5) is 4.39 Å². The Kier molecular flexibility index (Phi) is 2.96. The van der Waals surface area contributed by atoms with Crippen molar-refractivity contribution in [3.63, 3.8) is 0 Å². The van der Waals surface area contributed by atoms with Gasteiger partial charge in [-0.3, -0.25) is 4.79 Å². The lowest BCUT2D eigenvalue weighted by atomic mass is 10.0. The number of carboxylic acid groups (broad SMARTS) is 1. The number of aliphatic carboxylic acids is 1. The van der Waals surface area contributed by atoms with Crippen LogP contribution in [0.25, 0.3) is 0 Å². The topological polar surface area (TPSA) is 57.5 Å². The van der Waals surface area contributed by atoms with Crippen LogP contribution in [0.1, 0.15) is 18.4 Å². The number of aromatic hydroxyl groups is 1. The standard InChI is InChI=1S/C9H8ClFO3/c1-4(9(13)14)5-2-6(10)8(12)3-7(5)11/h2-4,12H,1H3,(H,13,14). The fourth-order valence-electron chi connectivity index (χ4n) is 1.02. The second kappa shape index (κ2) is 3.84. The van der Waals surface area contributed by atoms with Gasteiger partial charge in [0.05, 0.1) is 10.9 Å². The maximum absolute atomic E-state index is 13.2. The van der Waals surface area contributed by atoms with E-state index in [-0.39, 0.29) is 10.6 Å². The Morgan fingerprint density at radius 1 is 1.57 bits per heavy atom. The van der Waals surface area contributed by atoms with Crippen LogP contribution >= 0.6 is 11.6 Å². The molecule has 0 aliphatic carbocycles. The van der Waals surface area contributed by atoms with Crippen LogP contribution in [0, 0.1) is 5.82 Å². The number of hydrogen-bond acceptors (Lipinski definition) is 2. The van der Waals surface area contributed by atoms with E-state index in [0.29, 0.717) is 0 Å². The lowest BCUT2D eigenvalue weighted by molar-refractivity contribution is -0.138. The number of carboxylic acids is 1. The molecule has 2 N–H and O–H groups in total. The van der Waals surface area contributed by atoms with Gasteiger partial charge >= 0.3 is 5.97 Å². The fourth-order valence-corrected chi connectivity index (χ4v) is 1.19. The van der Waals surface area contributed by atoms with Crippen LogP contribution < -0.4 is 0 Å². The number of phenolic OH excluding ortho intramolecular Hbond substituents is 1. The van der Waals surface area contributed by atoms with E-state index in [2.05, 4.69) is 0 Å². The molecule has 0 saturated carbocycles. The Morgan fingerprint density at radius 3 is 2.64 bits per heavy atom. The molecule has 1 atom stereocenters. The number of rotatable bonds is 2. The maximum atomic E-state index is 13.2. The second-order valence-corrected chi connectivity index (χ2v) is 3.29. The van der Waals surface area contributed by atoms with Crippen molar-refractivity contribution in [2.75, 3.05) is 0 Å². The molecule has 0 spiro atoms. The zero-order valence-electron chi connectivity index (χ0n) is 7.29. The highest BCUT2D eigenvalue weighted by molar-refractivity contribution is 6.32. The number of hydrogen-bond donors (Lipinski definition) is 2. The molecule has 1 aromatic carbocycles. The molecule has 76 valence electrons. The van der Waals surface area contributed by atoms with Crippen molar-refractivity contribution < 1.29 is 19.4 Å². The molecule has 0 aliphatic rings. The predicted octanol–water partition coefficient (Wildman–Crippen LogP) is 2.37. The predicted molar refractivity (Wildman–Crippen MR) is 49.1 cm³/mol. The fraction of sp³-hybridized carbons (Fsp3) is 0.222. The first-order valence-corrected chi connectivity index (χ1v) is 4.22. The van der Waals surface area contributed by atoms with Crippen LogP contribution in [-0.4, -0.2) is 16.2 Å². The van der Waals surface area contributed by atoms with Gasteiger partial charge in [-0.15, -0.1) is 0 Å². The summed E-state index contributed by atoms with van der Waals surface area (Å²) >= 11 is 5.52. The van der Waals surface area contributed by atoms with Crippen LogP contribution in [0.2, 0.25) is 5.02 Å². The van der Waals surface area contributed by atoms with E-state index < -0.39 is 23.5 Å². The number of phenols is 1. The van der Waals surface area contributed by atoms with Gasteiger partial charge in [0.2, 0.25) is 0 Å². The summed E-state index contributed by atoms with van der Waals surface area (Å²) in [5.74, 6) is -3.31. The third-order valence-corrected chi connectivity index (χ3v) is 2.21. The van der Waals surface area contributed by atoms with Gasteiger partial charge in [-0.05, 0) is 13.0 Å². The van der Waals surface area contributed by atoms with Crippen LogP contribution in [0.3, 0.4) is 0 Å². The van der Waals surface area contributed by atoms with Crippen LogP contribution in [0.5, 0.6) is 5.75 Å². The van der Waals surface area contributed by atoms with E-state index >= 15 is 0 Å². The first-order chi connectivity index (χ1) is 6.43. The van der Waals surface area contributed by atoms with Crippen molar-refractivity contribution in [2.45, 2.75) is 12.8 Å².